The minimum absolute atomic E-state index is 0.0652. The monoisotopic (exact) mass is 388 g/mol. The molecule has 1 aromatic carbocycles. The van der Waals surface area contributed by atoms with Crippen molar-refractivity contribution in [1.82, 2.24) is 20.5 Å². The molecule has 2 heterocycles. The van der Waals surface area contributed by atoms with E-state index in [-0.39, 0.29) is 17.8 Å². The summed E-state index contributed by atoms with van der Waals surface area (Å²) in [6, 6.07) is 7.55. The van der Waals surface area contributed by atoms with Crippen LogP contribution < -0.4 is 14.8 Å². The predicted octanol–water partition coefficient (Wildman–Crippen LogP) is 2.59. The smallest absolute Gasteiger partial charge is 0.230 e. The second-order valence-electron chi connectivity index (χ2n) is 7.01. The van der Waals surface area contributed by atoms with Gasteiger partial charge in [0.05, 0.1) is 12.3 Å². The Morgan fingerprint density at radius 3 is 2.93 bits per heavy atom. The number of thioether (sulfide) groups is 1. The number of carbonyl (C=O) groups excluding carboxylic acids is 1. The van der Waals surface area contributed by atoms with Crippen LogP contribution in [-0.4, -0.2) is 46.1 Å². The standard InChI is InChI=1S/C19H24N4O3S/c24-18(20-10-14-11-25-15-7-3-4-8-16(15)26-14)12-27-19-21-17(22-23-19)9-13-5-1-2-6-13/h3-4,7-8,13-14H,1-2,5-6,9-12H2,(H,20,24)(H,21,22,23). The van der Waals surface area contributed by atoms with Crippen LogP contribution in [0, 0.1) is 5.92 Å². The molecule has 0 saturated heterocycles. The van der Waals surface area contributed by atoms with E-state index >= 15 is 0 Å². The molecular formula is C19H24N4O3S. The molecule has 1 aliphatic heterocycles. The van der Waals surface area contributed by atoms with Crippen LogP contribution in [0.1, 0.15) is 31.5 Å². The van der Waals surface area contributed by atoms with Crippen molar-refractivity contribution in [2.75, 3.05) is 18.9 Å². The molecule has 4 rings (SSSR count). The van der Waals surface area contributed by atoms with Crippen molar-refractivity contribution in [2.45, 2.75) is 43.4 Å². The maximum absolute atomic E-state index is 12.1. The number of aromatic nitrogens is 3. The summed E-state index contributed by atoms with van der Waals surface area (Å²) in [6.45, 7) is 0.838. The highest BCUT2D eigenvalue weighted by Gasteiger charge is 2.21. The van der Waals surface area contributed by atoms with Gasteiger partial charge in [-0.2, -0.15) is 0 Å². The van der Waals surface area contributed by atoms with E-state index in [0.29, 0.717) is 24.1 Å². The van der Waals surface area contributed by atoms with Crippen molar-refractivity contribution in [2.24, 2.45) is 5.92 Å². The Balaban J connectivity index is 1.17. The Kier molecular flexibility index (Phi) is 5.81. The van der Waals surface area contributed by atoms with Gasteiger partial charge in [-0.15, -0.1) is 5.10 Å². The number of amides is 1. The van der Waals surface area contributed by atoms with Crippen molar-refractivity contribution < 1.29 is 14.3 Å². The molecule has 7 nitrogen and oxygen atoms in total. The molecule has 1 amide bonds. The van der Waals surface area contributed by atoms with Crippen molar-refractivity contribution in [3.63, 3.8) is 0 Å². The Bertz CT molecular complexity index is 776. The summed E-state index contributed by atoms with van der Waals surface area (Å²) in [5.74, 6) is 3.33. The SMILES string of the molecule is O=C(CSc1n[nH]c(CC2CCCC2)n1)NCC1COc2ccccc2O1. The van der Waals surface area contributed by atoms with E-state index in [9.17, 15) is 4.79 Å². The summed E-state index contributed by atoms with van der Waals surface area (Å²) in [5, 5.41) is 10.7. The van der Waals surface area contributed by atoms with Crippen molar-refractivity contribution in [3.05, 3.63) is 30.1 Å². The van der Waals surface area contributed by atoms with E-state index in [1.807, 2.05) is 24.3 Å². The third-order valence-electron chi connectivity index (χ3n) is 4.89. The van der Waals surface area contributed by atoms with Gasteiger partial charge in [-0.3, -0.25) is 9.89 Å². The van der Waals surface area contributed by atoms with Gasteiger partial charge < -0.3 is 14.8 Å². The van der Waals surface area contributed by atoms with E-state index in [0.717, 1.165) is 23.9 Å². The van der Waals surface area contributed by atoms with Gasteiger partial charge >= 0.3 is 0 Å². The molecule has 144 valence electrons. The lowest BCUT2D eigenvalue weighted by Crippen LogP contribution is -2.41. The first-order valence-corrected chi connectivity index (χ1v) is 10.4. The summed E-state index contributed by atoms with van der Waals surface area (Å²) in [4.78, 5) is 16.6. The zero-order valence-electron chi connectivity index (χ0n) is 15.1. The summed E-state index contributed by atoms with van der Waals surface area (Å²) >= 11 is 1.34. The average molecular weight is 388 g/mol. The number of para-hydroxylation sites is 2. The van der Waals surface area contributed by atoms with Gasteiger partial charge in [0.1, 0.15) is 18.5 Å². The van der Waals surface area contributed by atoms with Crippen LogP contribution in [0.4, 0.5) is 0 Å². The predicted molar refractivity (Wildman–Crippen MR) is 102 cm³/mol. The van der Waals surface area contributed by atoms with Gasteiger partial charge in [-0.05, 0) is 18.1 Å². The molecular weight excluding hydrogens is 364 g/mol. The van der Waals surface area contributed by atoms with E-state index < -0.39 is 0 Å². The maximum atomic E-state index is 12.1. The highest BCUT2D eigenvalue weighted by atomic mass is 32.2. The number of benzene rings is 1. The largest absolute Gasteiger partial charge is 0.486 e. The molecule has 1 atom stereocenters. The van der Waals surface area contributed by atoms with Crippen LogP contribution in [0.15, 0.2) is 29.4 Å². The zero-order valence-corrected chi connectivity index (χ0v) is 16.0. The number of aromatic amines is 1. The van der Waals surface area contributed by atoms with Crippen LogP contribution in [0.5, 0.6) is 11.5 Å². The topological polar surface area (TPSA) is 89.1 Å². The van der Waals surface area contributed by atoms with Gasteiger partial charge in [-0.25, -0.2) is 4.98 Å². The zero-order chi connectivity index (χ0) is 18.5. The third kappa shape index (κ3) is 4.94. The summed E-state index contributed by atoms with van der Waals surface area (Å²) < 4.78 is 11.5. The van der Waals surface area contributed by atoms with E-state index in [1.165, 1.54) is 37.4 Å². The van der Waals surface area contributed by atoms with Crippen molar-refractivity contribution in [3.8, 4) is 11.5 Å². The first kappa shape index (κ1) is 18.2. The molecule has 1 aromatic heterocycles. The van der Waals surface area contributed by atoms with Crippen molar-refractivity contribution in [1.29, 1.82) is 0 Å². The molecule has 1 fully saturated rings. The van der Waals surface area contributed by atoms with E-state index in [4.69, 9.17) is 9.47 Å². The quantitative estimate of drug-likeness (QED) is 0.709. The van der Waals surface area contributed by atoms with Gasteiger partial charge in [0.2, 0.25) is 11.1 Å². The summed E-state index contributed by atoms with van der Waals surface area (Å²) in [7, 11) is 0. The fraction of sp³-hybridized carbons (Fsp3) is 0.526. The van der Waals surface area contributed by atoms with Crippen molar-refractivity contribution >= 4 is 17.7 Å². The fourth-order valence-electron chi connectivity index (χ4n) is 3.49. The number of carbonyl (C=O) groups is 1. The normalized spacial score (nSPS) is 19.2. The molecule has 0 radical (unpaired) electrons. The molecule has 2 N–H and O–H groups in total. The van der Waals surface area contributed by atoms with E-state index in [1.54, 1.807) is 0 Å². The minimum Gasteiger partial charge on any atom is -0.486 e. The Morgan fingerprint density at radius 2 is 2.07 bits per heavy atom. The highest BCUT2D eigenvalue weighted by molar-refractivity contribution is 7.99. The van der Waals surface area contributed by atoms with Crippen LogP contribution in [0.3, 0.4) is 0 Å². The van der Waals surface area contributed by atoms with Gasteiger partial charge in [0, 0.05) is 6.42 Å². The molecule has 1 saturated carbocycles. The molecule has 8 heteroatoms. The van der Waals surface area contributed by atoms with Crippen LogP contribution in [0.2, 0.25) is 0 Å². The molecule has 0 spiro atoms. The third-order valence-corrected chi connectivity index (χ3v) is 5.74. The number of fused-ring (bicyclic) bond motifs is 1. The summed E-state index contributed by atoms with van der Waals surface area (Å²) in [5.41, 5.74) is 0. The maximum Gasteiger partial charge on any atom is 0.230 e. The summed E-state index contributed by atoms with van der Waals surface area (Å²) in [6.07, 6.45) is 5.98. The molecule has 2 aliphatic rings. The highest BCUT2D eigenvalue weighted by Crippen LogP contribution is 2.30. The lowest BCUT2D eigenvalue weighted by molar-refractivity contribution is -0.119. The first-order chi connectivity index (χ1) is 13.3. The van der Waals surface area contributed by atoms with Gasteiger partial charge in [0.25, 0.3) is 0 Å². The molecule has 1 aliphatic carbocycles. The Morgan fingerprint density at radius 1 is 1.26 bits per heavy atom. The lowest BCUT2D eigenvalue weighted by atomic mass is 10.0. The number of hydrogen-bond acceptors (Lipinski definition) is 6. The number of rotatable bonds is 7. The van der Waals surface area contributed by atoms with Gasteiger partial charge in [0.15, 0.2) is 11.5 Å². The van der Waals surface area contributed by atoms with Crippen LogP contribution in [-0.2, 0) is 11.2 Å². The second kappa shape index (κ2) is 8.65. The molecule has 1 unspecified atom stereocenters. The number of hydrogen-bond donors (Lipinski definition) is 2. The van der Waals surface area contributed by atoms with E-state index in [2.05, 4.69) is 20.5 Å². The molecule has 27 heavy (non-hydrogen) atoms. The number of nitrogens with zero attached hydrogens (tertiary/aromatic N) is 2. The van der Waals surface area contributed by atoms with Crippen LogP contribution in [0.25, 0.3) is 0 Å². The molecule has 2 aromatic rings. The van der Waals surface area contributed by atoms with Crippen LogP contribution >= 0.6 is 11.8 Å². The Labute approximate surface area is 162 Å². The fourth-order valence-corrected chi connectivity index (χ4v) is 4.14. The van der Waals surface area contributed by atoms with Gasteiger partial charge in [-0.1, -0.05) is 49.6 Å². The Hall–Kier alpha value is -2.22. The number of ether oxygens (including phenoxy) is 2. The first-order valence-electron chi connectivity index (χ1n) is 9.45. The molecule has 0 bridgehead atoms. The number of nitrogens with one attached hydrogen (secondary N) is 2. The minimum atomic E-state index is -0.185. The average Bonchev–Trinajstić information content (AvgIpc) is 3.37. The second-order valence-corrected chi connectivity index (χ2v) is 7.95. The number of H-pyrrole nitrogens is 1. The lowest BCUT2D eigenvalue weighted by Gasteiger charge is -2.26.